The van der Waals surface area contributed by atoms with Crippen LogP contribution in [0.1, 0.15) is 44.9 Å². The van der Waals surface area contributed by atoms with Gasteiger partial charge in [-0.1, -0.05) is 12.8 Å². The predicted octanol–water partition coefficient (Wildman–Crippen LogP) is 0.845. The lowest BCUT2D eigenvalue weighted by atomic mass is 9.77. The summed E-state index contributed by atoms with van der Waals surface area (Å²) >= 11 is 0. The van der Waals surface area contributed by atoms with Crippen LogP contribution in [0.3, 0.4) is 0 Å². The summed E-state index contributed by atoms with van der Waals surface area (Å²) in [6.07, 6.45) is 9.07. The quantitative estimate of drug-likeness (QED) is 0.764. The Morgan fingerprint density at radius 2 is 1.76 bits per heavy atom. The van der Waals surface area contributed by atoms with Crippen LogP contribution >= 0.6 is 0 Å². The first kappa shape index (κ1) is 12.8. The Kier molecular flexibility index (Phi) is 4.05. The van der Waals surface area contributed by atoms with E-state index in [0.717, 1.165) is 6.54 Å². The van der Waals surface area contributed by atoms with Crippen molar-refractivity contribution in [2.24, 2.45) is 16.9 Å². The number of carbonyl (C=O) groups is 1. The fourth-order valence-corrected chi connectivity index (χ4v) is 3.34. The smallest absolute Gasteiger partial charge is 0.234 e. The van der Waals surface area contributed by atoms with Crippen molar-refractivity contribution in [3.8, 4) is 0 Å². The normalized spacial score (nSPS) is 26.2. The molecule has 98 valence electrons. The van der Waals surface area contributed by atoms with Gasteiger partial charge >= 0.3 is 0 Å². The third kappa shape index (κ3) is 3.19. The molecular formula is C13H25N3O. The van der Waals surface area contributed by atoms with Crippen LogP contribution in [0.2, 0.25) is 0 Å². The van der Waals surface area contributed by atoms with Gasteiger partial charge in [0.25, 0.3) is 0 Å². The lowest BCUT2D eigenvalue weighted by Crippen LogP contribution is -2.43. The van der Waals surface area contributed by atoms with Crippen molar-refractivity contribution in [3.05, 3.63) is 0 Å². The Balaban J connectivity index is 1.70. The van der Waals surface area contributed by atoms with Gasteiger partial charge in [-0.05, 0) is 50.6 Å². The second-order valence-electron chi connectivity index (χ2n) is 5.85. The molecular weight excluding hydrogens is 214 g/mol. The zero-order valence-electron chi connectivity index (χ0n) is 10.7. The minimum Gasteiger partial charge on any atom is -0.368 e. The molecule has 4 heteroatoms. The topological polar surface area (TPSA) is 72.3 Å². The number of piperidine rings is 1. The summed E-state index contributed by atoms with van der Waals surface area (Å²) in [6.45, 7) is 3.26. The van der Waals surface area contributed by atoms with Gasteiger partial charge in [-0.15, -0.1) is 0 Å². The van der Waals surface area contributed by atoms with Gasteiger partial charge in [0.2, 0.25) is 5.91 Å². The molecule has 0 aromatic rings. The van der Waals surface area contributed by atoms with E-state index >= 15 is 0 Å². The van der Waals surface area contributed by atoms with E-state index in [2.05, 4.69) is 4.90 Å². The van der Waals surface area contributed by atoms with E-state index in [0.29, 0.717) is 11.8 Å². The van der Waals surface area contributed by atoms with Gasteiger partial charge in [-0.25, -0.2) is 0 Å². The molecule has 2 fully saturated rings. The van der Waals surface area contributed by atoms with Crippen LogP contribution in [-0.2, 0) is 4.79 Å². The van der Waals surface area contributed by atoms with Crippen LogP contribution < -0.4 is 11.5 Å². The predicted molar refractivity (Wildman–Crippen MR) is 68.4 cm³/mol. The van der Waals surface area contributed by atoms with Gasteiger partial charge in [0.05, 0.1) is 6.04 Å². The molecule has 1 amide bonds. The van der Waals surface area contributed by atoms with Crippen LogP contribution in [-0.4, -0.2) is 36.5 Å². The Bertz CT molecular complexity index is 264. The summed E-state index contributed by atoms with van der Waals surface area (Å²) in [6, 6.07) is -0.475. The molecule has 4 nitrogen and oxygen atoms in total. The highest BCUT2D eigenvalue weighted by Gasteiger charge is 2.36. The first-order chi connectivity index (χ1) is 8.11. The maximum Gasteiger partial charge on any atom is 0.234 e. The number of primary amides is 1. The number of rotatable bonds is 4. The minimum absolute atomic E-state index is 0.380. The number of amides is 1. The Morgan fingerprint density at radius 3 is 2.29 bits per heavy atom. The second kappa shape index (κ2) is 5.36. The van der Waals surface area contributed by atoms with Gasteiger partial charge in [0.1, 0.15) is 0 Å². The summed E-state index contributed by atoms with van der Waals surface area (Å²) in [5.41, 5.74) is 11.5. The van der Waals surface area contributed by atoms with Crippen LogP contribution in [0, 0.1) is 5.41 Å². The molecule has 0 aromatic carbocycles. The molecule has 1 aliphatic heterocycles. The van der Waals surface area contributed by atoms with Crippen LogP contribution in [0.25, 0.3) is 0 Å². The molecule has 2 aliphatic rings. The Hall–Kier alpha value is -0.610. The van der Waals surface area contributed by atoms with E-state index in [9.17, 15) is 4.79 Å². The molecule has 1 spiro atoms. The lowest BCUT2D eigenvalue weighted by Gasteiger charge is -2.39. The van der Waals surface area contributed by atoms with Crippen molar-refractivity contribution in [1.29, 1.82) is 0 Å². The molecule has 0 radical (unpaired) electrons. The molecule has 0 aromatic heterocycles. The first-order valence-electron chi connectivity index (χ1n) is 6.89. The summed E-state index contributed by atoms with van der Waals surface area (Å²) in [4.78, 5) is 13.3. The third-order valence-electron chi connectivity index (χ3n) is 4.70. The summed E-state index contributed by atoms with van der Waals surface area (Å²) in [7, 11) is 0. The molecule has 4 N–H and O–H groups in total. The maximum absolute atomic E-state index is 10.9. The molecule has 1 unspecified atom stereocenters. The number of nitrogens with two attached hydrogens (primary N) is 2. The SMILES string of the molecule is NC(=O)C(N)CCN1CCC2(CCCC2)CC1. The van der Waals surface area contributed by atoms with E-state index in [-0.39, 0.29) is 5.91 Å². The summed E-state index contributed by atoms with van der Waals surface area (Å²) < 4.78 is 0. The van der Waals surface area contributed by atoms with E-state index in [1.807, 2.05) is 0 Å². The average Bonchev–Trinajstić information content (AvgIpc) is 2.76. The van der Waals surface area contributed by atoms with Crippen molar-refractivity contribution in [2.45, 2.75) is 51.0 Å². The highest BCUT2D eigenvalue weighted by atomic mass is 16.1. The molecule has 0 bridgehead atoms. The maximum atomic E-state index is 10.9. The molecule has 1 heterocycles. The van der Waals surface area contributed by atoms with Crippen LogP contribution in [0.15, 0.2) is 0 Å². The molecule has 17 heavy (non-hydrogen) atoms. The van der Waals surface area contributed by atoms with Gasteiger partial charge in [0, 0.05) is 6.54 Å². The molecule has 1 saturated heterocycles. The van der Waals surface area contributed by atoms with E-state index in [1.54, 1.807) is 0 Å². The minimum atomic E-state index is -0.475. The summed E-state index contributed by atoms with van der Waals surface area (Å²) in [5.74, 6) is -0.380. The summed E-state index contributed by atoms with van der Waals surface area (Å²) in [5, 5.41) is 0. The number of likely N-dealkylation sites (tertiary alicyclic amines) is 1. The van der Waals surface area contributed by atoms with Crippen molar-refractivity contribution >= 4 is 5.91 Å². The molecule has 1 saturated carbocycles. The van der Waals surface area contributed by atoms with E-state index in [1.165, 1.54) is 51.6 Å². The first-order valence-corrected chi connectivity index (χ1v) is 6.89. The Labute approximate surface area is 104 Å². The lowest BCUT2D eigenvalue weighted by molar-refractivity contribution is -0.119. The highest BCUT2D eigenvalue weighted by Crippen LogP contribution is 2.45. The van der Waals surface area contributed by atoms with E-state index < -0.39 is 6.04 Å². The fraction of sp³-hybridized carbons (Fsp3) is 0.923. The van der Waals surface area contributed by atoms with Crippen LogP contribution in [0.4, 0.5) is 0 Å². The fourth-order valence-electron chi connectivity index (χ4n) is 3.34. The van der Waals surface area contributed by atoms with Gasteiger partial charge in [-0.3, -0.25) is 4.79 Å². The standard InChI is InChI=1S/C13H25N3O/c14-11(12(15)17)3-8-16-9-6-13(7-10-16)4-1-2-5-13/h11H,1-10,14H2,(H2,15,17). The van der Waals surface area contributed by atoms with Crippen molar-refractivity contribution in [1.82, 2.24) is 4.90 Å². The monoisotopic (exact) mass is 239 g/mol. The zero-order valence-corrected chi connectivity index (χ0v) is 10.7. The van der Waals surface area contributed by atoms with Gasteiger partial charge in [-0.2, -0.15) is 0 Å². The van der Waals surface area contributed by atoms with Gasteiger partial charge in [0.15, 0.2) is 0 Å². The number of nitrogens with zero attached hydrogens (tertiary/aromatic N) is 1. The third-order valence-corrected chi connectivity index (χ3v) is 4.70. The second-order valence-corrected chi connectivity index (χ2v) is 5.85. The van der Waals surface area contributed by atoms with E-state index in [4.69, 9.17) is 11.5 Å². The number of hydrogen-bond acceptors (Lipinski definition) is 3. The highest BCUT2D eigenvalue weighted by molar-refractivity contribution is 5.79. The largest absolute Gasteiger partial charge is 0.368 e. The number of carbonyl (C=O) groups excluding carboxylic acids is 1. The molecule has 1 atom stereocenters. The Morgan fingerprint density at radius 1 is 1.18 bits per heavy atom. The van der Waals surface area contributed by atoms with Crippen molar-refractivity contribution < 1.29 is 4.79 Å². The zero-order chi connectivity index (χ0) is 12.3. The van der Waals surface area contributed by atoms with Crippen molar-refractivity contribution in [3.63, 3.8) is 0 Å². The number of hydrogen-bond donors (Lipinski definition) is 2. The van der Waals surface area contributed by atoms with Gasteiger partial charge < -0.3 is 16.4 Å². The molecule has 2 rings (SSSR count). The average molecular weight is 239 g/mol. The van der Waals surface area contributed by atoms with Crippen molar-refractivity contribution in [2.75, 3.05) is 19.6 Å². The molecule has 1 aliphatic carbocycles. The van der Waals surface area contributed by atoms with Crippen LogP contribution in [0.5, 0.6) is 0 Å².